The molecule has 4 nitrogen and oxygen atoms in total. The first-order valence-electron chi connectivity index (χ1n) is 7.76. The molecule has 4 heteroatoms. The van der Waals surface area contributed by atoms with E-state index in [0.717, 1.165) is 5.56 Å². The van der Waals surface area contributed by atoms with Gasteiger partial charge in [-0.05, 0) is 44.3 Å². The molecule has 0 fully saturated rings. The first kappa shape index (κ1) is 17.2. The minimum absolute atomic E-state index is 0.256. The number of carbonyl (C=O) groups is 1. The van der Waals surface area contributed by atoms with E-state index in [9.17, 15) is 4.79 Å². The molecular weight excluding hydrogens is 288 g/mol. The SMILES string of the molecule is CC(NCc1ccc(C(=O)O)cc1)C(c1ccccc1)N(C)C. The third kappa shape index (κ3) is 4.65. The second kappa shape index (κ2) is 7.90. The van der Waals surface area contributed by atoms with Gasteiger partial charge in [0.25, 0.3) is 0 Å². The van der Waals surface area contributed by atoms with Crippen LogP contribution in [-0.4, -0.2) is 36.1 Å². The fourth-order valence-electron chi connectivity index (χ4n) is 2.84. The second-order valence-electron chi connectivity index (χ2n) is 5.99. The molecule has 2 unspecified atom stereocenters. The topological polar surface area (TPSA) is 52.6 Å². The summed E-state index contributed by atoms with van der Waals surface area (Å²) in [6.45, 7) is 2.88. The Balaban J connectivity index is 2.02. The highest BCUT2D eigenvalue weighted by atomic mass is 16.4. The average molecular weight is 312 g/mol. The molecule has 0 saturated heterocycles. The van der Waals surface area contributed by atoms with Crippen molar-refractivity contribution in [2.75, 3.05) is 14.1 Å². The molecule has 0 radical (unpaired) electrons. The van der Waals surface area contributed by atoms with Crippen molar-refractivity contribution < 1.29 is 9.90 Å². The Morgan fingerprint density at radius 1 is 1.09 bits per heavy atom. The predicted octanol–water partition coefficient (Wildman–Crippen LogP) is 3.17. The van der Waals surface area contributed by atoms with E-state index in [2.05, 4.69) is 55.5 Å². The van der Waals surface area contributed by atoms with Crippen LogP contribution in [0.5, 0.6) is 0 Å². The van der Waals surface area contributed by atoms with Crippen LogP contribution in [0.1, 0.15) is 34.5 Å². The van der Waals surface area contributed by atoms with Crippen molar-refractivity contribution in [2.24, 2.45) is 0 Å². The Labute approximate surface area is 137 Å². The number of hydrogen-bond acceptors (Lipinski definition) is 3. The van der Waals surface area contributed by atoms with E-state index < -0.39 is 5.97 Å². The maximum Gasteiger partial charge on any atom is 0.335 e. The van der Waals surface area contributed by atoms with Gasteiger partial charge in [-0.15, -0.1) is 0 Å². The molecule has 2 N–H and O–H groups in total. The van der Waals surface area contributed by atoms with Crippen LogP contribution >= 0.6 is 0 Å². The highest BCUT2D eigenvalue weighted by Crippen LogP contribution is 2.22. The van der Waals surface area contributed by atoms with Gasteiger partial charge in [-0.1, -0.05) is 42.5 Å². The van der Waals surface area contributed by atoms with E-state index in [1.165, 1.54) is 5.56 Å². The van der Waals surface area contributed by atoms with Gasteiger partial charge in [0, 0.05) is 18.6 Å². The number of likely N-dealkylation sites (N-methyl/N-ethyl adjacent to an activating group) is 1. The molecule has 0 heterocycles. The molecule has 0 aliphatic rings. The summed E-state index contributed by atoms with van der Waals surface area (Å²) in [5, 5.41) is 12.5. The third-order valence-corrected chi connectivity index (χ3v) is 4.00. The molecule has 0 saturated carbocycles. The van der Waals surface area contributed by atoms with E-state index in [1.807, 2.05) is 18.2 Å². The van der Waals surface area contributed by atoms with Gasteiger partial charge in [-0.2, -0.15) is 0 Å². The largest absolute Gasteiger partial charge is 0.478 e. The van der Waals surface area contributed by atoms with E-state index in [-0.39, 0.29) is 12.1 Å². The van der Waals surface area contributed by atoms with Crippen LogP contribution in [0.15, 0.2) is 54.6 Å². The van der Waals surface area contributed by atoms with Crippen molar-refractivity contribution in [3.8, 4) is 0 Å². The lowest BCUT2D eigenvalue weighted by molar-refractivity contribution is 0.0697. The van der Waals surface area contributed by atoms with Crippen molar-refractivity contribution in [2.45, 2.75) is 25.6 Å². The zero-order valence-corrected chi connectivity index (χ0v) is 13.9. The van der Waals surface area contributed by atoms with E-state index in [4.69, 9.17) is 5.11 Å². The molecule has 0 aromatic heterocycles. The Morgan fingerprint density at radius 2 is 1.70 bits per heavy atom. The molecule has 2 aromatic carbocycles. The molecule has 23 heavy (non-hydrogen) atoms. The molecule has 0 spiro atoms. The summed E-state index contributed by atoms with van der Waals surface area (Å²) < 4.78 is 0. The highest BCUT2D eigenvalue weighted by molar-refractivity contribution is 5.87. The summed E-state index contributed by atoms with van der Waals surface area (Å²) in [7, 11) is 4.16. The first-order valence-corrected chi connectivity index (χ1v) is 7.76. The number of rotatable bonds is 7. The van der Waals surface area contributed by atoms with Gasteiger partial charge in [0.1, 0.15) is 0 Å². The number of benzene rings is 2. The molecule has 2 aromatic rings. The van der Waals surface area contributed by atoms with E-state index in [0.29, 0.717) is 12.1 Å². The number of hydrogen-bond donors (Lipinski definition) is 2. The molecule has 2 atom stereocenters. The van der Waals surface area contributed by atoms with Gasteiger partial charge < -0.3 is 15.3 Å². The number of nitrogens with zero attached hydrogens (tertiary/aromatic N) is 1. The molecule has 2 rings (SSSR count). The fourth-order valence-corrected chi connectivity index (χ4v) is 2.84. The number of carboxylic acids is 1. The maximum atomic E-state index is 10.9. The van der Waals surface area contributed by atoms with Gasteiger partial charge in [0.2, 0.25) is 0 Å². The molecule has 122 valence electrons. The van der Waals surface area contributed by atoms with Crippen molar-refractivity contribution in [1.29, 1.82) is 0 Å². The van der Waals surface area contributed by atoms with Gasteiger partial charge >= 0.3 is 5.97 Å². The van der Waals surface area contributed by atoms with Crippen LogP contribution in [0, 0.1) is 0 Å². The van der Waals surface area contributed by atoms with Crippen LogP contribution in [0.4, 0.5) is 0 Å². The zero-order chi connectivity index (χ0) is 16.8. The summed E-state index contributed by atoms with van der Waals surface area (Å²) in [5.74, 6) is -0.894. The standard InChI is InChI=1S/C19H24N2O2/c1-14(18(21(2)3)16-7-5-4-6-8-16)20-13-15-9-11-17(12-10-15)19(22)23/h4-12,14,18,20H,13H2,1-3H3,(H,22,23). The lowest BCUT2D eigenvalue weighted by Gasteiger charge is -2.31. The third-order valence-electron chi connectivity index (χ3n) is 4.00. The summed E-state index contributed by atoms with van der Waals surface area (Å²) in [6, 6.07) is 18.0. The van der Waals surface area contributed by atoms with Crippen LogP contribution < -0.4 is 5.32 Å². The summed E-state index contributed by atoms with van der Waals surface area (Å²) in [4.78, 5) is 13.1. The van der Waals surface area contributed by atoms with Gasteiger partial charge in [-0.3, -0.25) is 0 Å². The number of aromatic carboxylic acids is 1. The van der Waals surface area contributed by atoms with Crippen LogP contribution in [0.3, 0.4) is 0 Å². The predicted molar refractivity (Wildman–Crippen MR) is 92.6 cm³/mol. The van der Waals surface area contributed by atoms with Crippen LogP contribution in [0.25, 0.3) is 0 Å². The first-order chi connectivity index (χ1) is 11.0. The normalized spacial score (nSPS) is 13.7. The Bertz CT molecular complexity index is 624. The van der Waals surface area contributed by atoms with Crippen LogP contribution in [-0.2, 0) is 6.54 Å². The van der Waals surface area contributed by atoms with Crippen molar-refractivity contribution in [3.63, 3.8) is 0 Å². The summed E-state index contributed by atoms with van der Waals surface area (Å²) >= 11 is 0. The molecule has 0 amide bonds. The molecule has 0 aliphatic heterocycles. The number of carboxylic acid groups (broad SMARTS) is 1. The highest BCUT2D eigenvalue weighted by Gasteiger charge is 2.20. The Morgan fingerprint density at radius 3 is 2.22 bits per heavy atom. The Kier molecular flexibility index (Phi) is 5.90. The second-order valence-corrected chi connectivity index (χ2v) is 5.99. The minimum Gasteiger partial charge on any atom is -0.478 e. The molecule has 0 bridgehead atoms. The van der Waals surface area contributed by atoms with Crippen molar-refractivity contribution >= 4 is 5.97 Å². The van der Waals surface area contributed by atoms with Crippen LogP contribution in [0.2, 0.25) is 0 Å². The fraction of sp³-hybridized carbons (Fsp3) is 0.316. The van der Waals surface area contributed by atoms with Gasteiger partial charge in [-0.25, -0.2) is 4.79 Å². The number of nitrogens with one attached hydrogen (secondary N) is 1. The summed E-state index contributed by atoms with van der Waals surface area (Å²) in [5.41, 5.74) is 2.67. The average Bonchev–Trinajstić information content (AvgIpc) is 2.54. The Hall–Kier alpha value is -2.17. The maximum absolute atomic E-state index is 10.9. The lowest BCUT2D eigenvalue weighted by Crippen LogP contribution is -2.38. The van der Waals surface area contributed by atoms with E-state index in [1.54, 1.807) is 12.1 Å². The van der Waals surface area contributed by atoms with Crippen molar-refractivity contribution in [1.82, 2.24) is 10.2 Å². The van der Waals surface area contributed by atoms with Crippen molar-refractivity contribution in [3.05, 3.63) is 71.3 Å². The lowest BCUT2D eigenvalue weighted by atomic mass is 9.99. The molecular formula is C19H24N2O2. The van der Waals surface area contributed by atoms with Gasteiger partial charge in [0.15, 0.2) is 0 Å². The minimum atomic E-state index is -0.894. The quantitative estimate of drug-likeness (QED) is 0.824. The molecule has 0 aliphatic carbocycles. The smallest absolute Gasteiger partial charge is 0.335 e. The monoisotopic (exact) mass is 312 g/mol. The zero-order valence-electron chi connectivity index (χ0n) is 13.9. The van der Waals surface area contributed by atoms with Gasteiger partial charge in [0.05, 0.1) is 5.56 Å². The summed E-state index contributed by atoms with van der Waals surface area (Å²) in [6.07, 6.45) is 0. The van der Waals surface area contributed by atoms with E-state index >= 15 is 0 Å².